The molecule has 1 rings (SSSR count). The summed E-state index contributed by atoms with van der Waals surface area (Å²) in [6.45, 7) is 9.52. The molecule has 1 aromatic rings. The lowest BCUT2D eigenvalue weighted by Gasteiger charge is -2.23. The van der Waals surface area contributed by atoms with E-state index in [-0.39, 0.29) is 18.6 Å². The Bertz CT molecular complexity index is 424. The van der Waals surface area contributed by atoms with Crippen LogP contribution in [0.5, 0.6) is 0 Å². The first-order chi connectivity index (χ1) is 8.72. The van der Waals surface area contributed by atoms with Gasteiger partial charge in [0.05, 0.1) is 6.54 Å². The van der Waals surface area contributed by atoms with E-state index in [0.717, 1.165) is 5.76 Å². The molecule has 1 aromatic heterocycles. The summed E-state index contributed by atoms with van der Waals surface area (Å²) in [5.74, 6) is 1.54. The first-order valence-corrected chi connectivity index (χ1v) is 6.56. The van der Waals surface area contributed by atoms with Gasteiger partial charge in [-0.05, 0) is 38.8 Å². The fraction of sp³-hybridized carbons (Fsp3) is 0.643. The van der Waals surface area contributed by atoms with Crippen molar-refractivity contribution in [1.29, 1.82) is 0 Å². The number of aliphatic hydroxyl groups is 1. The van der Waals surface area contributed by atoms with Crippen molar-refractivity contribution < 1.29 is 14.3 Å². The number of aryl methyl sites for hydroxylation is 1. The highest BCUT2D eigenvalue weighted by Crippen LogP contribution is 2.21. The maximum absolute atomic E-state index is 11.7. The van der Waals surface area contributed by atoms with Crippen molar-refractivity contribution in [2.75, 3.05) is 6.54 Å². The Morgan fingerprint density at radius 3 is 2.53 bits per heavy atom. The van der Waals surface area contributed by atoms with Crippen LogP contribution in [0.3, 0.4) is 0 Å². The monoisotopic (exact) mass is 268 g/mol. The average Bonchev–Trinajstić information content (AvgIpc) is 2.74. The Morgan fingerprint density at radius 1 is 1.42 bits per heavy atom. The number of hydrogen-bond acceptors (Lipinski definition) is 3. The summed E-state index contributed by atoms with van der Waals surface area (Å²) in [7, 11) is 0. The molecule has 0 saturated heterocycles. The zero-order valence-electron chi connectivity index (χ0n) is 12.3. The number of rotatable bonds is 5. The molecule has 0 fully saturated rings. The average molecular weight is 268 g/mol. The van der Waals surface area contributed by atoms with Gasteiger partial charge in [-0.15, -0.1) is 0 Å². The molecule has 5 nitrogen and oxygen atoms in total. The second kappa shape index (κ2) is 6.10. The van der Waals surface area contributed by atoms with Crippen LogP contribution in [-0.2, 0) is 5.60 Å². The van der Waals surface area contributed by atoms with Gasteiger partial charge in [0, 0.05) is 6.04 Å². The molecule has 108 valence electrons. The number of carbonyl (C=O) groups is 1. The van der Waals surface area contributed by atoms with E-state index in [0.29, 0.717) is 11.7 Å². The van der Waals surface area contributed by atoms with E-state index in [4.69, 9.17) is 4.42 Å². The van der Waals surface area contributed by atoms with Crippen LogP contribution >= 0.6 is 0 Å². The molecular weight excluding hydrogens is 244 g/mol. The van der Waals surface area contributed by atoms with E-state index in [1.165, 1.54) is 0 Å². The van der Waals surface area contributed by atoms with E-state index in [2.05, 4.69) is 10.6 Å². The van der Waals surface area contributed by atoms with Gasteiger partial charge in [-0.1, -0.05) is 13.8 Å². The summed E-state index contributed by atoms with van der Waals surface area (Å²) in [5.41, 5.74) is -1.22. The molecule has 0 radical (unpaired) electrons. The highest BCUT2D eigenvalue weighted by atomic mass is 16.4. The quantitative estimate of drug-likeness (QED) is 0.766. The van der Waals surface area contributed by atoms with E-state index in [1.807, 2.05) is 27.7 Å². The molecule has 0 aliphatic rings. The van der Waals surface area contributed by atoms with Gasteiger partial charge in [0.25, 0.3) is 0 Å². The summed E-state index contributed by atoms with van der Waals surface area (Å²) in [6.07, 6.45) is 0. The van der Waals surface area contributed by atoms with Crippen LogP contribution in [0.2, 0.25) is 0 Å². The molecule has 19 heavy (non-hydrogen) atoms. The van der Waals surface area contributed by atoms with E-state index < -0.39 is 5.60 Å². The maximum atomic E-state index is 11.7. The van der Waals surface area contributed by atoms with Gasteiger partial charge in [0.2, 0.25) is 0 Å². The van der Waals surface area contributed by atoms with Crippen LogP contribution in [0.15, 0.2) is 16.5 Å². The Balaban J connectivity index is 2.49. The molecule has 0 aliphatic carbocycles. The lowest BCUT2D eigenvalue weighted by molar-refractivity contribution is 0.0358. The minimum Gasteiger partial charge on any atom is -0.463 e. The molecule has 1 heterocycles. The summed E-state index contributed by atoms with van der Waals surface area (Å²) in [4.78, 5) is 11.7. The van der Waals surface area contributed by atoms with Crippen molar-refractivity contribution in [3.8, 4) is 0 Å². The Kier molecular flexibility index (Phi) is 5.00. The number of hydrogen-bond donors (Lipinski definition) is 3. The van der Waals surface area contributed by atoms with Crippen molar-refractivity contribution in [2.24, 2.45) is 5.92 Å². The predicted octanol–water partition coefficient (Wildman–Crippen LogP) is 2.14. The van der Waals surface area contributed by atoms with Gasteiger partial charge >= 0.3 is 6.03 Å². The zero-order chi connectivity index (χ0) is 14.6. The highest BCUT2D eigenvalue weighted by Gasteiger charge is 2.27. The molecule has 0 bridgehead atoms. The van der Waals surface area contributed by atoms with Crippen LogP contribution in [0.25, 0.3) is 0 Å². The third kappa shape index (κ3) is 4.59. The summed E-state index contributed by atoms with van der Waals surface area (Å²) >= 11 is 0. The van der Waals surface area contributed by atoms with Gasteiger partial charge in [-0.25, -0.2) is 4.79 Å². The smallest absolute Gasteiger partial charge is 0.315 e. The van der Waals surface area contributed by atoms with Crippen LogP contribution in [0.4, 0.5) is 4.79 Å². The molecule has 5 heteroatoms. The minimum atomic E-state index is -1.22. The van der Waals surface area contributed by atoms with Crippen molar-refractivity contribution >= 4 is 6.03 Å². The number of amides is 2. The van der Waals surface area contributed by atoms with Crippen LogP contribution < -0.4 is 10.6 Å². The minimum absolute atomic E-state index is 0.0795. The molecule has 0 saturated carbocycles. The topological polar surface area (TPSA) is 74.5 Å². The lowest BCUT2D eigenvalue weighted by atomic mass is 10.0. The first-order valence-electron chi connectivity index (χ1n) is 6.56. The normalized spacial score (nSPS) is 15.9. The molecule has 0 aromatic carbocycles. The third-order valence-electron chi connectivity index (χ3n) is 3.22. The van der Waals surface area contributed by atoms with E-state index in [1.54, 1.807) is 19.1 Å². The molecule has 2 amide bonds. The Hall–Kier alpha value is -1.49. The number of nitrogens with one attached hydrogen (secondary N) is 2. The molecular formula is C14H24N2O3. The van der Waals surface area contributed by atoms with Crippen molar-refractivity contribution in [3.05, 3.63) is 23.7 Å². The van der Waals surface area contributed by atoms with E-state index >= 15 is 0 Å². The standard InChI is InChI=1S/C14H24N2O3/c1-9(2)11(4)16-13(17)15-8-14(5,18)12-7-6-10(3)19-12/h6-7,9,11,18H,8H2,1-5H3,(H2,15,16,17). The van der Waals surface area contributed by atoms with E-state index in [9.17, 15) is 9.90 Å². The second-order valence-electron chi connectivity index (χ2n) is 5.54. The Labute approximate surface area is 114 Å². The first kappa shape index (κ1) is 15.6. The van der Waals surface area contributed by atoms with Crippen LogP contribution in [0.1, 0.15) is 39.2 Å². The fourth-order valence-corrected chi connectivity index (χ4v) is 1.49. The zero-order valence-corrected chi connectivity index (χ0v) is 12.3. The maximum Gasteiger partial charge on any atom is 0.315 e. The molecule has 3 N–H and O–H groups in total. The number of carbonyl (C=O) groups excluding carboxylic acids is 1. The van der Waals surface area contributed by atoms with Crippen molar-refractivity contribution in [1.82, 2.24) is 10.6 Å². The summed E-state index contributed by atoms with van der Waals surface area (Å²) in [5, 5.41) is 15.7. The van der Waals surface area contributed by atoms with Crippen LogP contribution in [-0.4, -0.2) is 23.7 Å². The summed E-state index contributed by atoms with van der Waals surface area (Å²) in [6, 6.07) is 3.29. The summed E-state index contributed by atoms with van der Waals surface area (Å²) < 4.78 is 5.38. The molecule has 0 spiro atoms. The predicted molar refractivity (Wildman–Crippen MR) is 73.9 cm³/mol. The molecule has 0 aliphatic heterocycles. The van der Waals surface area contributed by atoms with Crippen molar-refractivity contribution in [3.63, 3.8) is 0 Å². The second-order valence-corrected chi connectivity index (χ2v) is 5.54. The van der Waals surface area contributed by atoms with Gasteiger partial charge in [-0.2, -0.15) is 0 Å². The lowest BCUT2D eigenvalue weighted by Crippen LogP contribution is -2.47. The van der Waals surface area contributed by atoms with Crippen molar-refractivity contribution in [2.45, 2.75) is 46.3 Å². The van der Waals surface area contributed by atoms with Gasteiger partial charge in [0.15, 0.2) is 0 Å². The number of urea groups is 1. The van der Waals surface area contributed by atoms with Crippen LogP contribution in [0, 0.1) is 12.8 Å². The van der Waals surface area contributed by atoms with Gasteiger partial charge < -0.3 is 20.2 Å². The molecule has 2 unspecified atom stereocenters. The number of furan rings is 1. The fourth-order valence-electron chi connectivity index (χ4n) is 1.49. The van der Waals surface area contributed by atoms with Gasteiger partial charge in [-0.3, -0.25) is 0 Å². The largest absolute Gasteiger partial charge is 0.463 e. The third-order valence-corrected chi connectivity index (χ3v) is 3.22. The Morgan fingerprint density at radius 2 is 2.05 bits per heavy atom. The van der Waals surface area contributed by atoms with Gasteiger partial charge in [0.1, 0.15) is 17.1 Å². The highest BCUT2D eigenvalue weighted by molar-refractivity contribution is 5.74. The molecule has 2 atom stereocenters. The SMILES string of the molecule is Cc1ccc(C(C)(O)CNC(=O)NC(C)C(C)C)o1.